The second kappa shape index (κ2) is 10.6. The lowest BCUT2D eigenvalue weighted by molar-refractivity contribution is -0.147. The largest absolute Gasteiger partial charge is 0.466 e. The summed E-state index contributed by atoms with van der Waals surface area (Å²) in [6, 6.07) is 6.23. The predicted octanol–water partition coefficient (Wildman–Crippen LogP) is 4.47. The summed E-state index contributed by atoms with van der Waals surface area (Å²) in [5.41, 5.74) is 2.11. The number of allylic oxidation sites excluding steroid dienone is 3. The third-order valence-electron chi connectivity index (χ3n) is 6.83. The van der Waals surface area contributed by atoms with Crippen LogP contribution in [0.2, 0.25) is 0 Å². The fourth-order valence-corrected chi connectivity index (χ4v) is 4.90. The van der Waals surface area contributed by atoms with Gasteiger partial charge in [-0.3, -0.25) is 14.6 Å². The lowest BCUT2D eigenvalue weighted by atomic mass is 9.65. The normalized spacial score (nSPS) is 19.4. The molecule has 1 amide bonds. The molecule has 32 heavy (non-hydrogen) atoms. The zero-order chi connectivity index (χ0) is 23.1. The van der Waals surface area contributed by atoms with Gasteiger partial charge in [0, 0.05) is 24.7 Å². The third-order valence-corrected chi connectivity index (χ3v) is 6.83. The molecule has 1 saturated heterocycles. The van der Waals surface area contributed by atoms with Gasteiger partial charge in [0.2, 0.25) is 5.91 Å². The standard InChI is InChI=1S/C26H33N3O3/c1-4-32-23(30)17-26(22(18-27)24-19(2)9-8-14-28-24)12-15-29(16-13-26)25(31)20(3)21-10-6-5-7-11-21/h6,8-11,14,20,22H,4-5,7,12-13,15-17H2,1-3H3. The highest BCUT2D eigenvalue weighted by atomic mass is 16.5. The molecule has 3 rings (SSSR count). The van der Waals surface area contributed by atoms with Crippen LogP contribution in [-0.2, 0) is 14.3 Å². The quantitative estimate of drug-likeness (QED) is 0.590. The first-order chi connectivity index (χ1) is 15.4. The third kappa shape index (κ3) is 5.09. The molecule has 6 nitrogen and oxygen atoms in total. The Kier molecular flexibility index (Phi) is 7.84. The summed E-state index contributed by atoms with van der Waals surface area (Å²) in [5.74, 6) is -0.914. The Morgan fingerprint density at radius 1 is 1.31 bits per heavy atom. The van der Waals surface area contributed by atoms with Crippen LogP contribution >= 0.6 is 0 Å². The van der Waals surface area contributed by atoms with Gasteiger partial charge < -0.3 is 9.64 Å². The Hall–Kier alpha value is -2.94. The van der Waals surface area contributed by atoms with E-state index in [0.29, 0.717) is 38.2 Å². The molecule has 0 saturated carbocycles. The smallest absolute Gasteiger partial charge is 0.306 e. The van der Waals surface area contributed by atoms with Crippen molar-refractivity contribution in [1.29, 1.82) is 5.26 Å². The minimum absolute atomic E-state index is 0.107. The molecule has 1 aliphatic heterocycles. The number of hydrogen-bond acceptors (Lipinski definition) is 5. The van der Waals surface area contributed by atoms with E-state index < -0.39 is 11.3 Å². The van der Waals surface area contributed by atoms with Crippen LogP contribution in [0.1, 0.15) is 63.1 Å². The summed E-state index contributed by atoms with van der Waals surface area (Å²) < 4.78 is 5.26. The van der Waals surface area contributed by atoms with E-state index in [-0.39, 0.29) is 24.2 Å². The molecular weight excluding hydrogens is 402 g/mol. The Morgan fingerprint density at radius 2 is 2.06 bits per heavy atom. The Morgan fingerprint density at radius 3 is 2.66 bits per heavy atom. The number of carbonyl (C=O) groups is 2. The Bertz CT molecular complexity index is 936. The number of nitriles is 1. The number of rotatable bonds is 7. The van der Waals surface area contributed by atoms with E-state index in [1.54, 1.807) is 13.1 Å². The van der Waals surface area contributed by atoms with Crippen LogP contribution in [0.3, 0.4) is 0 Å². The number of likely N-dealkylation sites (tertiary alicyclic amines) is 1. The second-order valence-corrected chi connectivity index (χ2v) is 8.84. The molecule has 1 aliphatic carbocycles. The van der Waals surface area contributed by atoms with Gasteiger partial charge in [0.05, 0.1) is 36.6 Å². The van der Waals surface area contributed by atoms with Gasteiger partial charge in [-0.1, -0.05) is 24.3 Å². The number of piperidine rings is 1. The van der Waals surface area contributed by atoms with Crippen molar-refractivity contribution >= 4 is 11.9 Å². The van der Waals surface area contributed by atoms with Crippen molar-refractivity contribution in [3.8, 4) is 6.07 Å². The molecule has 0 N–H and O–H groups in total. The zero-order valence-corrected chi connectivity index (χ0v) is 19.3. The summed E-state index contributed by atoms with van der Waals surface area (Å²) in [6.45, 7) is 7.02. The van der Waals surface area contributed by atoms with E-state index in [2.05, 4.69) is 29.3 Å². The lowest BCUT2D eigenvalue weighted by Crippen LogP contribution is -2.48. The molecule has 0 radical (unpaired) electrons. The molecule has 1 aromatic heterocycles. The first-order valence-electron chi connectivity index (χ1n) is 11.5. The van der Waals surface area contributed by atoms with Crippen molar-refractivity contribution in [2.24, 2.45) is 11.3 Å². The average molecular weight is 436 g/mol. The highest BCUT2D eigenvalue weighted by Crippen LogP contribution is 2.47. The number of esters is 1. The number of aromatic nitrogens is 1. The number of aryl methyl sites for hydroxylation is 1. The SMILES string of the molecule is CCOC(=O)CC1(C(C#N)c2ncccc2C)CCN(C(=O)C(C)C2=CCCC=C2)CC1. The summed E-state index contributed by atoms with van der Waals surface area (Å²) in [4.78, 5) is 32.1. The highest BCUT2D eigenvalue weighted by Gasteiger charge is 2.46. The lowest BCUT2D eigenvalue weighted by Gasteiger charge is -2.44. The number of hydrogen-bond donors (Lipinski definition) is 0. The minimum Gasteiger partial charge on any atom is -0.466 e. The van der Waals surface area contributed by atoms with E-state index >= 15 is 0 Å². The van der Waals surface area contributed by atoms with E-state index in [9.17, 15) is 14.9 Å². The molecule has 170 valence electrons. The van der Waals surface area contributed by atoms with Crippen LogP contribution in [0.5, 0.6) is 0 Å². The predicted molar refractivity (Wildman–Crippen MR) is 122 cm³/mol. The molecule has 1 aromatic rings. The molecule has 0 spiro atoms. The van der Waals surface area contributed by atoms with Crippen LogP contribution in [0.25, 0.3) is 0 Å². The maximum atomic E-state index is 13.2. The van der Waals surface area contributed by atoms with Crippen molar-refractivity contribution in [3.05, 3.63) is 53.4 Å². The number of carbonyl (C=O) groups excluding carboxylic acids is 2. The topological polar surface area (TPSA) is 83.3 Å². The molecule has 0 aromatic carbocycles. The molecule has 6 heteroatoms. The van der Waals surface area contributed by atoms with Crippen molar-refractivity contribution in [1.82, 2.24) is 9.88 Å². The van der Waals surface area contributed by atoms with Crippen LogP contribution < -0.4 is 0 Å². The van der Waals surface area contributed by atoms with Gasteiger partial charge in [0.15, 0.2) is 0 Å². The summed E-state index contributed by atoms with van der Waals surface area (Å²) in [6.07, 6.45) is 11.3. The van der Waals surface area contributed by atoms with Gasteiger partial charge in [-0.25, -0.2) is 0 Å². The van der Waals surface area contributed by atoms with Crippen molar-refractivity contribution in [2.75, 3.05) is 19.7 Å². The van der Waals surface area contributed by atoms with Crippen LogP contribution in [0.15, 0.2) is 42.1 Å². The second-order valence-electron chi connectivity index (χ2n) is 8.84. The molecule has 2 unspecified atom stereocenters. The Labute approximate surface area is 191 Å². The van der Waals surface area contributed by atoms with Gasteiger partial charge in [-0.2, -0.15) is 5.26 Å². The maximum Gasteiger partial charge on any atom is 0.306 e. The summed E-state index contributed by atoms with van der Waals surface area (Å²) >= 11 is 0. The molecule has 2 atom stereocenters. The van der Waals surface area contributed by atoms with Gasteiger partial charge in [0.1, 0.15) is 0 Å². The van der Waals surface area contributed by atoms with Crippen molar-refractivity contribution in [3.63, 3.8) is 0 Å². The zero-order valence-electron chi connectivity index (χ0n) is 19.3. The Balaban J connectivity index is 1.82. The van der Waals surface area contributed by atoms with E-state index in [1.165, 1.54) is 0 Å². The fourth-order valence-electron chi connectivity index (χ4n) is 4.90. The molecule has 0 bridgehead atoms. The van der Waals surface area contributed by atoms with Gasteiger partial charge in [-0.15, -0.1) is 0 Å². The van der Waals surface area contributed by atoms with Crippen molar-refractivity contribution < 1.29 is 14.3 Å². The van der Waals surface area contributed by atoms with Gasteiger partial charge >= 0.3 is 5.97 Å². The van der Waals surface area contributed by atoms with Crippen LogP contribution in [0.4, 0.5) is 0 Å². The van der Waals surface area contributed by atoms with E-state index in [4.69, 9.17) is 4.74 Å². The fraction of sp³-hybridized carbons (Fsp3) is 0.538. The molecule has 1 fully saturated rings. The van der Waals surface area contributed by atoms with E-state index in [0.717, 1.165) is 24.0 Å². The maximum absolute atomic E-state index is 13.2. The molecule has 2 heterocycles. The highest BCUT2D eigenvalue weighted by molar-refractivity contribution is 5.82. The van der Waals surface area contributed by atoms with Crippen LogP contribution in [-0.4, -0.2) is 41.5 Å². The monoisotopic (exact) mass is 435 g/mol. The van der Waals surface area contributed by atoms with E-state index in [1.807, 2.05) is 30.9 Å². The summed E-state index contributed by atoms with van der Waals surface area (Å²) in [7, 11) is 0. The number of pyridine rings is 1. The van der Waals surface area contributed by atoms with Gasteiger partial charge in [0.25, 0.3) is 0 Å². The number of amides is 1. The number of nitrogens with zero attached hydrogens (tertiary/aromatic N) is 3. The minimum atomic E-state index is -0.607. The number of ether oxygens (including phenoxy) is 1. The first-order valence-corrected chi connectivity index (χ1v) is 11.5. The van der Waals surface area contributed by atoms with Crippen molar-refractivity contribution in [2.45, 2.75) is 58.8 Å². The van der Waals surface area contributed by atoms with Gasteiger partial charge in [-0.05, 0) is 63.7 Å². The summed E-state index contributed by atoms with van der Waals surface area (Å²) in [5, 5.41) is 10.2. The molecule has 2 aliphatic rings. The first kappa shape index (κ1) is 23.7. The van der Waals surface area contributed by atoms with Crippen LogP contribution in [0, 0.1) is 29.6 Å². The average Bonchev–Trinajstić information content (AvgIpc) is 2.81. The molecular formula is C26H33N3O3.